The molecule has 0 unspecified atom stereocenters. The number of hydrogen-bond donors (Lipinski definition) is 1. The lowest BCUT2D eigenvalue weighted by Crippen LogP contribution is -2.37. The zero-order valence-corrected chi connectivity index (χ0v) is 20.5. The summed E-state index contributed by atoms with van der Waals surface area (Å²) in [5, 5.41) is 7.74. The Morgan fingerprint density at radius 2 is 1.81 bits per heavy atom. The van der Waals surface area contributed by atoms with E-state index in [-0.39, 0.29) is 11.8 Å². The molecule has 0 radical (unpaired) electrons. The molecule has 3 aromatic carbocycles. The van der Waals surface area contributed by atoms with Crippen molar-refractivity contribution < 1.29 is 14.1 Å². The number of carbonyl (C=O) groups excluding carboxylic acids is 1. The standard InChI is InChI=1S/C28H27ClN4O3/c29-23-8-4-7-22(17-23)27-31-26(36-32-27)18-33-15-13-21(14-16-33)28(34)30-24-9-11-25(12-10-24)35-19-20-5-2-1-3-6-20/h1-12,17,21H,13-16,18-19H2,(H,30,34). The van der Waals surface area contributed by atoms with Crippen molar-refractivity contribution in [2.75, 3.05) is 18.4 Å². The number of amides is 1. The number of anilines is 1. The largest absolute Gasteiger partial charge is 0.489 e. The SMILES string of the molecule is O=C(Nc1ccc(OCc2ccccc2)cc1)C1CCN(Cc2nc(-c3cccc(Cl)c3)no2)CC1. The Balaban J connectivity index is 1.07. The number of carbonyl (C=O) groups is 1. The molecule has 0 saturated carbocycles. The van der Waals surface area contributed by atoms with Gasteiger partial charge in [-0.2, -0.15) is 4.98 Å². The first kappa shape index (κ1) is 24.0. The van der Waals surface area contributed by atoms with Gasteiger partial charge >= 0.3 is 0 Å². The fraction of sp³-hybridized carbons (Fsp3) is 0.250. The lowest BCUT2D eigenvalue weighted by Gasteiger charge is -2.30. The van der Waals surface area contributed by atoms with Crippen LogP contribution in [0, 0.1) is 5.92 Å². The molecule has 184 valence electrons. The van der Waals surface area contributed by atoms with Crippen LogP contribution in [0.15, 0.2) is 83.4 Å². The first-order valence-electron chi connectivity index (χ1n) is 12.0. The molecule has 5 rings (SSSR count). The Labute approximate surface area is 215 Å². The van der Waals surface area contributed by atoms with Crippen LogP contribution in [0.1, 0.15) is 24.3 Å². The van der Waals surface area contributed by atoms with E-state index in [0.717, 1.165) is 48.5 Å². The number of ether oxygens (including phenoxy) is 1. The first-order chi connectivity index (χ1) is 17.6. The van der Waals surface area contributed by atoms with Gasteiger partial charge in [0.2, 0.25) is 17.6 Å². The summed E-state index contributed by atoms with van der Waals surface area (Å²) in [7, 11) is 0. The summed E-state index contributed by atoms with van der Waals surface area (Å²) in [4.78, 5) is 19.5. The van der Waals surface area contributed by atoms with E-state index in [1.165, 1.54) is 0 Å². The van der Waals surface area contributed by atoms with Gasteiger partial charge in [-0.3, -0.25) is 9.69 Å². The van der Waals surface area contributed by atoms with Gasteiger partial charge in [0.15, 0.2) is 0 Å². The van der Waals surface area contributed by atoms with Crippen molar-refractivity contribution in [3.8, 4) is 17.1 Å². The predicted molar refractivity (Wildman–Crippen MR) is 139 cm³/mol. The highest BCUT2D eigenvalue weighted by Crippen LogP contribution is 2.24. The second kappa shape index (κ2) is 11.4. The summed E-state index contributed by atoms with van der Waals surface area (Å²) in [6, 6.07) is 24.9. The minimum atomic E-state index is -0.0278. The molecule has 0 aliphatic carbocycles. The van der Waals surface area contributed by atoms with Crippen molar-refractivity contribution in [2.24, 2.45) is 5.92 Å². The number of piperidine rings is 1. The lowest BCUT2D eigenvalue weighted by atomic mass is 9.96. The third-order valence-corrected chi connectivity index (χ3v) is 6.47. The van der Waals surface area contributed by atoms with Crippen LogP contribution in [-0.4, -0.2) is 34.0 Å². The topological polar surface area (TPSA) is 80.5 Å². The molecule has 1 saturated heterocycles. The Morgan fingerprint density at radius 3 is 2.56 bits per heavy atom. The average Bonchev–Trinajstić information content (AvgIpc) is 3.38. The fourth-order valence-electron chi connectivity index (χ4n) is 4.23. The molecule has 1 aromatic heterocycles. The van der Waals surface area contributed by atoms with Crippen molar-refractivity contribution in [3.05, 3.63) is 95.3 Å². The highest BCUT2D eigenvalue weighted by molar-refractivity contribution is 6.30. The third-order valence-electron chi connectivity index (χ3n) is 6.24. The van der Waals surface area contributed by atoms with Crippen LogP contribution in [0.3, 0.4) is 0 Å². The molecule has 0 spiro atoms. The van der Waals surface area contributed by atoms with Crippen LogP contribution in [0.5, 0.6) is 5.75 Å². The molecule has 4 aromatic rings. The van der Waals surface area contributed by atoms with Gasteiger partial charge < -0.3 is 14.6 Å². The van der Waals surface area contributed by atoms with Gasteiger partial charge in [-0.1, -0.05) is 59.2 Å². The number of rotatable bonds is 8. The van der Waals surface area contributed by atoms with Crippen LogP contribution in [0.4, 0.5) is 5.69 Å². The number of nitrogens with one attached hydrogen (secondary N) is 1. The molecule has 1 fully saturated rings. The van der Waals surface area contributed by atoms with E-state index in [0.29, 0.717) is 29.9 Å². The number of aromatic nitrogens is 2. The summed E-state index contributed by atoms with van der Waals surface area (Å²) in [6.45, 7) is 2.65. The molecule has 1 aliphatic heterocycles. The number of halogens is 1. The summed E-state index contributed by atoms with van der Waals surface area (Å²) < 4.78 is 11.3. The van der Waals surface area contributed by atoms with E-state index < -0.39 is 0 Å². The van der Waals surface area contributed by atoms with Crippen LogP contribution in [0.2, 0.25) is 5.02 Å². The Kier molecular flexibility index (Phi) is 7.59. The zero-order valence-electron chi connectivity index (χ0n) is 19.8. The van der Waals surface area contributed by atoms with Crippen LogP contribution in [-0.2, 0) is 17.9 Å². The van der Waals surface area contributed by atoms with Crippen LogP contribution < -0.4 is 10.1 Å². The number of nitrogens with zero attached hydrogens (tertiary/aromatic N) is 3. The van der Waals surface area contributed by atoms with E-state index in [2.05, 4.69) is 20.4 Å². The van der Waals surface area contributed by atoms with E-state index >= 15 is 0 Å². The second-order valence-electron chi connectivity index (χ2n) is 8.86. The minimum absolute atomic E-state index is 0.0278. The minimum Gasteiger partial charge on any atom is -0.489 e. The van der Waals surface area contributed by atoms with Gasteiger partial charge in [0.25, 0.3) is 0 Å². The Bertz CT molecular complexity index is 1290. The summed E-state index contributed by atoms with van der Waals surface area (Å²) in [5.74, 6) is 1.87. The number of benzene rings is 3. The molecule has 2 heterocycles. The maximum atomic E-state index is 12.8. The van der Waals surface area contributed by atoms with Gasteiger partial charge in [0.1, 0.15) is 12.4 Å². The molecule has 8 heteroatoms. The molecule has 7 nitrogen and oxygen atoms in total. The molecule has 1 amide bonds. The molecule has 1 N–H and O–H groups in total. The Morgan fingerprint density at radius 1 is 1.03 bits per heavy atom. The quantitative estimate of drug-likeness (QED) is 0.327. The first-order valence-corrected chi connectivity index (χ1v) is 12.4. The summed E-state index contributed by atoms with van der Waals surface area (Å²) in [6.07, 6.45) is 1.55. The van der Waals surface area contributed by atoms with Crippen molar-refractivity contribution in [1.82, 2.24) is 15.0 Å². The van der Waals surface area contributed by atoms with Gasteiger partial charge in [0.05, 0.1) is 6.54 Å². The molecular formula is C28H27ClN4O3. The summed E-state index contributed by atoms with van der Waals surface area (Å²) >= 11 is 6.06. The number of hydrogen-bond acceptors (Lipinski definition) is 6. The maximum absolute atomic E-state index is 12.8. The van der Waals surface area contributed by atoms with Gasteiger partial charge in [-0.05, 0) is 67.9 Å². The van der Waals surface area contributed by atoms with E-state index in [1.54, 1.807) is 0 Å². The molecule has 0 bridgehead atoms. The number of likely N-dealkylation sites (tertiary alicyclic amines) is 1. The smallest absolute Gasteiger partial charge is 0.241 e. The van der Waals surface area contributed by atoms with Gasteiger partial charge in [-0.15, -0.1) is 0 Å². The van der Waals surface area contributed by atoms with E-state index in [1.807, 2.05) is 78.9 Å². The molecule has 0 atom stereocenters. The van der Waals surface area contributed by atoms with Gasteiger partial charge in [0, 0.05) is 22.2 Å². The van der Waals surface area contributed by atoms with Crippen molar-refractivity contribution in [1.29, 1.82) is 0 Å². The second-order valence-corrected chi connectivity index (χ2v) is 9.30. The van der Waals surface area contributed by atoms with Crippen molar-refractivity contribution in [3.63, 3.8) is 0 Å². The fourth-order valence-corrected chi connectivity index (χ4v) is 4.42. The highest BCUT2D eigenvalue weighted by atomic mass is 35.5. The van der Waals surface area contributed by atoms with Gasteiger partial charge in [-0.25, -0.2) is 0 Å². The normalized spacial score (nSPS) is 14.5. The zero-order chi connectivity index (χ0) is 24.7. The van der Waals surface area contributed by atoms with Crippen molar-refractivity contribution >= 4 is 23.2 Å². The summed E-state index contributed by atoms with van der Waals surface area (Å²) in [5.41, 5.74) is 2.71. The maximum Gasteiger partial charge on any atom is 0.241 e. The molecule has 1 aliphatic rings. The molecular weight excluding hydrogens is 476 g/mol. The molecule has 36 heavy (non-hydrogen) atoms. The van der Waals surface area contributed by atoms with E-state index in [4.69, 9.17) is 20.9 Å². The van der Waals surface area contributed by atoms with E-state index in [9.17, 15) is 4.79 Å². The predicted octanol–water partition coefficient (Wildman–Crippen LogP) is 5.82. The third kappa shape index (κ3) is 6.30. The van der Waals surface area contributed by atoms with Crippen LogP contribution in [0.25, 0.3) is 11.4 Å². The lowest BCUT2D eigenvalue weighted by molar-refractivity contribution is -0.121. The Hall–Kier alpha value is -3.68. The average molecular weight is 503 g/mol. The van der Waals surface area contributed by atoms with Crippen LogP contribution >= 0.6 is 11.6 Å². The monoisotopic (exact) mass is 502 g/mol. The van der Waals surface area contributed by atoms with Crippen molar-refractivity contribution in [2.45, 2.75) is 26.0 Å². The highest BCUT2D eigenvalue weighted by Gasteiger charge is 2.26.